The lowest BCUT2D eigenvalue weighted by Gasteiger charge is -2.15. The van der Waals surface area contributed by atoms with Gasteiger partial charge >= 0.3 is 5.97 Å². The molecule has 0 aliphatic heterocycles. The quantitative estimate of drug-likeness (QED) is 0.274. The van der Waals surface area contributed by atoms with Crippen LogP contribution in [0.15, 0.2) is 23.1 Å². The average Bonchev–Trinajstić information content (AvgIpc) is 2.66. The van der Waals surface area contributed by atoms with Gasteiger partial charge in [-0.3, -0.25) is 14.1 Å². The van der Waals surface area contributed by atoms with Crippen LogP contribution >= 0.6 is 0 Å². The number of carbonyl (C=O) groups is 3. The molecule has 10 heteroatoms. The van der Waals surface area contributed by atoms with Crippen LogP contribution in [0.2, 0.25) is 0 Å². The largest absolute Gasteiger partial charge is 0.464 e. The van der Waals surface area contributed by atoms with E-state index >= 15 is 0 Å². The third kappa shape index (κ3) is 10.0. The van der Waals surface area contributed by atoms with Crippen LogP contribution in [0.5, 0.6) is 0 Å². The molecule has 2 unspecified atom stereocenters. The van der Waals surface area contributed by atoms with E-state index in [9.17, 15) is 27.4 Å². The molecule has 0 heterocycles. The van der Waals surface area contributed by atoms with E-state index in [-0.39, 0.29) is 33.4 Å². The Morgan fingerprint density at radius 2 is 1.87 bits per heavy atom. The van der Waals surface area contributed by atoms with Gasteiger partial charge in [0.2, 0.25) is 5.91 Å². The Kier molecular flexibility index (Phi) is 12.2. The maximum Gasteiger partial charge on any atom is 0.334 e. The highest BCUT2D eigenvalue weighted by atomic mass is 32.2. The van der Waals surface area contributed by atoms with Gasteiger partial charge in [-0.25, -0.2) is 4.79 Å². The second kappa shape index (κ2) is 13.2. The van der Waals surface area contributed by atoms with E-state index in [4.69, 9.17) is 9.47 Å². The molecular formula is C21H35NO8S. The van der Waals surface area contributed by atoms with E-state index in [1.807, 2.05) is 0 Å². The highest BCUT2D eigenvalue weighted by Gasteiger charge is 2.21. The fourth-order valence-corrected chi connectivity index (χ4v) is 3.43. The minimum Gasteiger partial charge on any atom is -0.464 e. The zero-order valence-electron chi connectivity index (χ0n) is 17.6. The molecule has 0 aliphatic carbocycles. The van der Waals surface area contributed by atoms with Gasteiger partial charge in [-0.1, -0.05) is 13.5 Å². The molecule has 0 fully saturated rings. The maximum atomic E-state index is 12.4. The number of aryl methyl sites for hydroxylation is 1. The number of anilines is 1. The summed E-state index contributed by atoms with van der Waals surface area (Å²) in [4.78, 5) is 35.3. The number of hydrogen-bond acceptors (Lipinski definition) is 7. The van der Waals surface area contributed by atoms with Crippen LogP contribution in [0.4, 0.5) is 5.69 Å². The summed E-state index contributed by atoms with van der Waals surface area (Å²) in [6.45, 7) is 4.80. The summed E-state index contributed by atoms with van der Waals surface area (Å²) in [6.07, 6.45) is 0.729. The number of amides is 1. The number of rotatable bonds is 12. The number of Topliss-reactive ketones (excluding diaryl/α,β-unsaturated/α-hetero) is 1. The highest BCUT2D eigenvalue weighted by molar-refractivity contribution is 7.86. The van der Waals surface area contributed by atoms with Crippen molar-refractivity contribution >= 4 is 33.5 Å². The van der Waals surface area contributed by atoms with Gasteiger partial charge in [0.15, 0.2) is 6.10 Å². The SMILES string of the molecule is C.COC(C)C(=O)OCCCCC(CC(=O)Nc1ccc(C)cc1S(=O)(=O)O)C(C)=O.[2HH]. The Morgan fingerprint density at radius 1 is 1.23 bits per heavy atom. The Balaban J connectivity index is 0. The molecule has 1 rings (SSSR count). The Morgan fingerprint density at radius 3 is 2.42 bits per heavy atom. The van der Waals surface area contributed by atoms with Gasteiger partial charge in [0.25, 0.3) is 10.1 Å². The van der Waals surface area contributed by atoms with Crippen molar-refractivity contribution in [3.8, 4) is 0 Å². The van der Waals surface area contributed by atoms with Crippen molar-refractivity contribution in [1.82, 2.24) is 0 Å². The summed E-state index contributed by atoms with van der Waals surface area (Å²) in [5.41, 5.74) is 0.553. The number of benzene rings is 1. The predicted octanol–water partition coefficient (Wildman–Crippen LogP) is 3.41. The number of ketones is 1. The molecular weight excluding hydrogens is 426 g/mol. The summed E-state index contributed by atoms with van der Waals surface area (Å²) >= 11 is 0. The Hall–Kier alpha value is -2.30. The van der Waals surface area contributed by atoms with Gasteiger partial charge in [0.05, 0.1) is 12.3 Å². The topological polar surface area (TPSA) is 136 Å². The van der Waals surface area contributed by atoms with Crippen molar-refractivity contribution in [1.29, 1.82) is 0 Å². The first-order chi connectivity index (χ1) is 14.0. The van der Waals surface area contributed by atoms with Crippen LogP contribution in [0.1, 0.15) is 53.9 Å². The average molecular weight is 463 g/mol. The van der Waals surface area contributed by atoms with Crippen molar-refractivity contribution < 1.29 is 38.3 Å². The van der Waals surface area contributed by atoms with Gasteiger partial charge in [0.1, 0.15) is 10.7 Å². The molecule has 0 radical (unpaired) electrons. The summed E-state index contributed by atoms with van der Waals surface area (Å²) in [5.74, 6) is -1.73. The van der Waals surface area contributed by atoms with Crippen LogP contribution in [0.25, 0.3) is 0 Å². The molecule has 1 amide bonds. The van der Waals surface area contributed by atoms with Gasteiger partial charge in [-0.15, -0.1) is 0 Å². The van der Waals surface area contributed by atoms with E-state index in [2.05, 4.69) is 5.32 Å². The van der Waals surface area contributed by atoms with Gasteiger partial charge < -0.3 is 14.8 Å². The van der Waals surface area contributed by atoms with E-state index in [1.165, 1.54) is 26.2 Å². The van der Waals surface area contributed by atoms with Crippen LogP contribution in [0.3, 0.4) is 0 Å². The van der Waals surface area contributed by atoms with Gasteiger partial charge in [0, 0.05) is 20.9 Å². The maximum absolute atomic E-state index is 12.4. The van der Waals surface area contributed by atoms with Crippen molar-refractivity contribution in [2.75, 3.05) is 19.0 Å². The third-order valence-electron chi connectivity index (χ3n) is 4.57. The zero-order valence-corrected chi connectivity index (χ0v) is 18.5. The van der Waals surface area contributed by atoms with Crippen molar-refractivity contribution in [2.24, 2.45) is 5.92 Å². The van der Waals surface area contributed by atoms with Crippen LogP contribution in [-0.2, 0) is 34.0 Å². The number of esters is 1. The minimum absolute atomic E-state index is 0. The molecule has 0 aromatic heterocycles. The smallest absolute Gasteiger partial charge is 0.334 e. The van der Waals surface area contributed by atoms with Crippen LogP contribution in [0, 0.1) is 12.8 Å². The second-order valence-electron chi connectivity index (χ2n) is 7.08. The van der Waals surface area contributed by atoms with E-state index < -0.39 is 38.9 Å². The summed E-state index contributed by atoms with van der Waals surface area (Å²) in [5, 5.41) is 2.45. The molecule has 2 N–H and O–H groups in total. The Bertz CT molecular complexity index is 873. The van der Waals surface area contributed by atoms with Crippen LogP contribution < -0.4 is 5.32 Å². The monoisotopic (exact) mass is 462 g/mol. The lowest BCUT2D eigenvalue weighted by atomic mass is 9.94. The second-order valence-corrected chi connectivity index (χ2v) is 8.47. The molecule has 0 aliphatic rings. The fourth-order valence-electron chi connectivity index (χ4n) is 2.70. The molecule has 1 aromatic carbocycles. The van der Waals surface area contributed by atoms with Gasteiger partial charge in [-0.2, -0.15) is 8.42 Å². The number of hydrogen-bond donors (Lipinski definition) is 2. The molecule has 0 saturated carbocycles. The molecule has 178 valence electrons. The zero-order chi connectivity index (χ0) is 22.9. The third-order valence-corrected chi connectivity index (χ3v) is 5.47. The molecule has 0 saturated heterocycles. The minimum atomic E-state index is -4.51. The van der Waals surface area contributed by atoms with E-state index in [0.29, 0.717) is 24.8 Å². The van der Waals surface area contributed by atoms with Crippen LogP contribution in [-0.4, -0.2) is 50.5 Å². The number of carbonyl (C=O) groups excluding carboxylic acids is 3. The van der Waals surface area contributed by atoms with Gasteiger partial charge in [-0.05, 0) is 57.7 Å². The lowest BCUT2D eigenvalue weighted by molar-refractivity contribution is -0.154. The normalized spacial score (nSPS) is 12.9. The number of methoxy groups -OCH3 is 1. The van der Waals surface area contributed by atoms with E-state index in [1.54, 1.807) is 19.9 Å². The predicted molar refractivity (Wildman–Crippen MR) is 119 cm³/mol. The summed E-state index contributed by atoms with van der Waals surface area (Å²) < 4.78 is 42.3. The molecule has 0 bridgehead atoms. The molecule has 0 spiro atoms. The summed E-state index contributed by atoms with van der Waals surface area (Å²) in [6, 6.07) is 4.23. The standard InChI is InChI=1S/C20H29NO8S.CH4.H2/c1-13-8-9-17(18(11-13)30(25,26)27)21-19(23)12-16(14(2)22)7-5-6-10-29-20(24)15(3)28-4;;/h8-9,11,15-16H,5-7,10,12H2,1-4H3,(H,21,23)(H,25,26,27);1H4;1H/i;;1+1. The highest BCUT2D eigenvalue weighted by Crippen LogP contribution is 2.23. The molecule has 2 atom stereocenters. The Labute approximate surface area is 185 Å². The van der Waals surface area contributed by atoms with Crippen molar-refractivity contribution in [3.05, 3.63) is 23.8 Å². The molecule has 9 nitrogen and oxygen atoms in total. The number of nitrogens with one attached hydrogen (secondary N) is 1. The fraction of sp³-hybridized carbons (Fsp3) is 0.571. The lowest BCUT2D eigenvalue weighted by Crippen LogP contribution is -2.23. The first-order valence-corrected chi connectivity index (χ1v) is 11.0. The van der Waals surface area contributed by atoms with E-state index in [0.717, 1.165) is 0 Å². The molecule has 1 aromatic rings. The number of ether oxygens (including phenoxy) is 2. The molecule has 31 heavy (non-hydrogen) atoms. The first-order valence-electron chi connectivity index (χ1n) is 9.53. The summed E-state index contributed by atoms with van der Waals surface area (Å²) in [7, 11) is -3.11. The van der Waals surface area contributed by atoms with Crippen molar-refractivity contribution in [3.63, 3.8) is 0 Å². The number of unbranched alkanes of at least 4 members (excludes halogenated alkanes) is 1. The van der Waals surface area contributed by atoms with Crippen molar-refractivity contribution in [2.45, 2.75) is 64.9 Å². The first kappa shape index (κ1) is 28.7.